The second-order valence-corrected chi connectivity index (χ2v) is 12.1. The van der Waals surface area contributed by atoms with Crippen molar-refractivity contribution in [1.82, 2.24) is 16.0 Å². The molecule has 0 aromatic heterocycles. The average molecular weight is 627 g/mol. The molecule has 0 saturated carbocycles. The van der Waals surface area contributed by atoms with Gasteiger partial charge < -0.3 is 20.7 Å². The number of benzene rings is 3. The molecule has 244 valence electrons. The number of ether oxygens (including phenoxy) is 1. The van der Waals surface area contributed by atoms with Crippen molar-refractivity contribution in [2.45, 2.75) is 83.6 Å². The van der Waals surface area contributed by atoms with Crippen molar-refractivity contribution in [3.05, 3.63) is 102 Å². The largest absolute Gasteiger partial charge is 0.461 e. The maximum atomic E-state index is 14.5. The van der Waals surface area contributed by atoms with Crippen LogP contribution in [-0.4, -0.2) is 48.9 Å². The van der Waals surface area contributed by atoms with Gasteiger partial charge in [0.05, 0.1) is 12.1 Å². The Morgan fingerprint density at radius 3 is 2.20 bits per heavy atom. The zero-order valence-electron chi connectivity index (χ0n) is 27.2. The highest BCUT2D eigenvalue weighted by Gasteiger charge is 2.38. The normalized spacial score (nSPS) is 16.0. The summed E-state index contributed by atoms with van der Waals surface area (Å²) in [5.41, 5.74) is 3.61. The monoisotopic (exact) mass is 626 g/mol. The molecular weight excluding hydrogens is 580 g/mol. The van der Waals surface area contributed by atoms with Crippen molar-refractivity contribution in [2.24, 2.45) is 5.92 Å². The number of likely N-dealkylation sites (N-methyl/N-ethyl adjacent to an activating group) is 1. The fourth-order valence-corrected chi connectivity index (χ4v) is 5.74. The van der Waals surface area contributed by atoms with E-state index in [1.54, 1.807) is 38.2 Å². The minimum Gasteiger partial charge on any atom is -0.461 e. The molecule has 3 amide bonds. The summed E-state index contributed by atoms with van der Waals surface area (Å²) in [5, 5.41) is 9.02. The van der Waals surface area contributed by atoms with Gasteiger partial charge in [0.25, 0.3) is 5.91 Å². The van der Waals surface area contributed by atoms with Gasteiger partial charge in [0.1, 0.15) is 18.7 Å². The lowest BCUT2D eigenvalue weighted by molar-refractivity contribution is -0.145. The van der Waals surface area contributed by atoms with E-state index >= 15 is 0 Å². The van der Waals surface area contributed by atoms with E-state index in [9.17, 15) is 19.2 Å². The zero-order chi connectivity index (χ0) is 33.1. The number of carbonyl (C=O) groups excluding carboxylic acids is 4. The van der Waals surface area contributed by atoms with Gasteiger partial charge in [-0.2, -0.15) is 0 Å². The quantitative estimate of drug-likeness (QED) is 0.220. The van der Waals surface area contributed by atoms with Gasteiger partial charge in [-0.25, -0.2) is 0 Å². The number of rotatable bonds is 14. The summed E-state index contributed by atoms with van der Waals surface area (Å²) in [4.78, 5) is 56.3. The topological polar surface area (TPSA) is 117 Å². The number of carbonyl (C=O) groups is 4. The number of amides is 3. The molecule has 9 nitrogen and oxygen atoms in total. The predicted octanol–water partition coefficient (Wildman–Crippen LogP) is 4.85. The molecule has 0 spiro atoms. The van der Waals surface area contributed by atoms with Crippen molar-refractivity contribution < 1.29 is 23.9 Å². The summed E-state index contributed by atoms with van der Waals surface area (Å²) in [6, 6.07) is 23.7. The van der Waals surface area contributed by atoms with Crippen LogP contribution in [0.25, 0.3) is 0 Å². The molecule has 0 heterocycles. The molecule has 0 aliphatic heterocycles. The van der Waals surface area contributed by atoms with Crippen molar-refractivity contribution in [3.63, 3.8) is 0 Å². The van der Waals surface area contributed by atoms with Crippen molar-refractivity contribution >= 4 is 29.4 Å². The van der Waals surface area contributed by atoms with E-state index in [0.717, 1.165) is 30.4 Å². The third kappa shape index (κ3) is 9.03. The molecule has 4 atom stereocenters. The number of hydrogen-bond acceptors (Lipinski definition) is 6. The van der Waals surface area contributed by atoms with Crippen LogP contribution in [0.5, 0.6) is 0 Å². The summed E-state index contributed by atoms with van der Waals surface area (Å²) in [6.45, 7) is 5.53. The minimum atomic E-state index is -1.05. The molecular formula is C37H46N4O5. The molecule has 3 N–H and O–H groups in total. The van der Waals surface area contributed by atoms with Gasteiger partial charge in [-0.15, -0.1) is 0 Å². The third-order valence-corrected chi connectivity index (χ3v) is 8.49. The number of nitrogens with one attached hydrogen (secondary N) is 3. The number of anilines is 1. The zero-order valence-corrected chi connectivity index (χ0v) is 27.2. The first-order valence-electron chi connectivity index (χ1n) is 16.1. The second-order valence-electron chi connectivity index (χ2n) is 12.1. The standard InChI is InChI=1S/C37H46N4O5/c1-25(2)34(40-35(43)26(3)38-4)37(45)41(29-18-9-6-10-19-29)32(22-23-33(42)46-24-27-14-7-5-8-15-27)36(44)39-31-21-13-17-28-16-11-12-20-30(28)31/h5-12,14-16,18-20,25-26,31-32,34,38H,13,17,21-24H2,1-4H3,(H,39,44)(H,40,43). The Kier molecular flexibility index (Phi) is 12.5. The summed E-state index contributed by atoms with van der Waals surface area (Å²) in [7, 11) is 1.67. The van der Waals surface area contributed by atoms with Gasteiger partial charge in [-0.3, -0.25) is 24.1 Å². The van der Waals surface area contributed by atoms with Gasteiger partial charge in [0.2, 0.25) is 11.8 Å². The van der Waals surface area contributed by atoms with E-state index in [1.165, 1.54) is 10.5 Å². The van der Waals surface area contributed by atoms with Gasteiger partial charge in [-0.1, -0.05) is 86.6 Å². The van der Waals surface area contributed by atoms with Crippen LogP contribution in [0.3, 0.4) is 0 Å². The van der Waals surface area contributed by atoms with Crippen molar-refractivity contribution in [1.29, 1.82) is 0 Å². The van der Waals surface area contributed by atoms with Gasteiger partial charge in [0, 0.05) is 12.1 Å². The summed E-state index contributed by atoms with van der Waals surface area (Å²) < 4.78 is 5.54. The van der Waals surface area contributed by atoms with E-state index in [1.807, 2.05) is 68.4 Å². The minimum absolute atomic E-state index is 0.0279. The molecule has 3 aromatic carbocycles. The molecule has 0 bridgehead atoms. The van der Waals surface area contributed by atoms with E-state index < -0.39 is 30.0 Å². The summed E-state index contributed by atoms with van der Waals surface area (Å²) in [6.07, 6.45) is 2.57. The smallest absolute Gasteiger partial charge is 0.306 e. The number of para-hydroxylation sites is 1. The fourth-order valence-electron chi connectivity index (χ4n) is 5.74. The number of esters is 1. The van der Waals surface area contributed by atoms with Crippen LogP contribution in [0.15, 0.2) is 84.9 Å². The van der Waals surface area contributed by atoms with Crippen LogP contribution in [0.4, 0.5) is 5.69 Å². The lowest BCUT2D eigenvalue weighted by Gasteiger charge is -2.36. The highest BCUT2D eigenvalue weighted by molar-refractivity contribution is 6.05. The first-order valence-corrected chi connectivity index (χ1v) is 16.1. The van der Waals surface area contributed by atoms with Crippen LogP contribution in [0.2, 0.25) is 0 Å². The Labute approximate surface area is 272 Å². The lowest BCUT2D eigenvalue weighted by Crippen LogP contribution is -2.59. The molecule has 4 rings (SSSR count). The molecule has 1 aliphatic rings. The van der Waals surface area contributed by atoms with E-state index in [-0.39, 0.29) is 43.2 Å². The van der Waals surface area contributed by atoms with Crippen LogP contribution in [0.1, 0.15) is 69.2 Å². The molecule has 0 radical (unpaired) electrons. The molecule has 46 heavy (non-hydrogen) atoms. The fraction of sp³-hybridized carbons (Fsp3) is 0.405. The van der Waals surface area contributed by atoms with Gasteiger partial charge in [0.15, 0.2) is 0 Å². The number of aryl methyl sites for hydroxylation is 1. The van der Waals surface area contributed by atoms with Gasteiger partial charge >= 0.3 is 5.97 Å². The molecule has 0 saturated heterocycles. The summed E-state index contributed by atoms with van der Waals surface area (Å²) in [5.74, 6) is -1.88. The Balaban J connectivity index is 1.66. The number of nitrogens with zero attached hydrogens (tertiary/aromatic N) is 1. The van der Waals surface area contributed by atoms with E-state index in [4.69, 9.17) is 4.74 Å². The second kappa shape index (κ2) is 16.7. The molecule has 4 unspecified atom stereocenters. The third-order valence-electron chi connectivity index (χ3n) is 8.49. The Morgan fingerprint density at radius 2 is 1.52 bits per heavy atom. The average Bonchev–Trinajstić information content (AvgIpc) is 3.08. The Morgan fingerprint density at radius 1 is 0.870 bits per heavy atom. The summed E-state index contributed by atoms with van der Waals surface area (Å²) >= 11 is 0. The number of fused-ring (bicyclic) bond motifs is 1. The van der Waals surface area contributed by atoms with Gasteiger partial charge in [-0.05, 0) is 74.4 Å². The number of hydrogen-bond donors (Lipinski definition) is 3. The Bertz CT molecular complexity index is 1460. The van der Waals surface area contributed by atoms with E-state index in [0.29, 0.717) is 5.69 Å². The molecule has 9 heteroatoms. The molecule has 0 fully saturated rings. The SMILES string of the molecule is CNC(C)C(=O)NC(C(=O)N(c1ccccc1)C(CCC(=O)OCc1ccccc1)C(=O)NC1CCCc2ccccc21)C(C)C. The van der Waals surface area contributed by atoms with Crippen LogP contribution in [0, 0.1) is 5.92 Å². The predicted molar refractivity (Wildman–Crippen MR) is 179 cm³/mol. The van der Waals surface area contributed by atoms with Crippen molar-refractivity contribution in [2.75, 3.05) is 11.9 Å². The maximum Gasteiger partial charge on any atom is 0.306 e. The maximum absolute atomic E-state index is 14.5. The van der Waals surface area contributed by atoms with Crippen LogP contribution < -0.4 is 20.9 Å². The van der Waals surface area contributed by atoms with Crippen molar-refractivity contribution in [3.8, 4) is 0 Å². The van der Waals surface area contributed by atoms with Crippen LogP contribution in [-0.2, 0) is 36.9 Å². The highest BCUT2D eigenvalue weighted by Crippen LogP contribution is 2.30. The lowest BCUT2D eigenvalue weighted by atomic mass is 9.87. The van der Waals surface area contributed by atoms with Crippen LogP contribution >= 0.6 is 0 Å². The van der Waals surface area contributed by atoms with E-state index in [2.05, 4.69) is 22.0 Å². The Hall–Kier alpha value is -4.50. The highest BCUT2D eigenvalue weighted by atomic mass is 16.5. The molecule has 3 aromatic rings. The first-order chi connectivity index (χ1) is 22.2. The molecule has 1 aliphatic carbocycles. The first kappa shape index (κ1) is 34.4.